The lowest BCUT2D eigenvalue weighted by molar-refractivity contribution is -0.114. The molecule has 1 fully saturated rings. The van der Waals surface area contributed by atoms with Gasteiger partial charge >= 0.3 is 12.1 Å². The van der Waals surface area contributed by atoms with E-state index in [0.717, 1.165) is 18.8 Å². The molecule has 10 heteroatoms. The maximum atomic E-state index is 12.1. The molecule has 2 aromatic rings. The van der Waals surface area contributed by atoms with Crippen LogP contribution in [-0.4, -0.2) is 72.6 Å². The zero-order chi connectivity index (χ0) is 21.0. The molecule has 1 N–H and O–H groups in total. The predicted molar refractivity (Wildman–Crippen MR) is 109 cm³/mol. The smallest absolute Gasteiger partial charge is 0.409 e. The van der Waals surface area contributed by atoms with Crippen LogP contribution in [0.3, 0.4) is 0 Å². The molecule has 1 aliphatic heterocycles. The number of ether oxygens (including phenoxy) is 2. The third kappa shape index (κ3) is 4.83. The van der Waals surface area contributed by atoms with E-state index in [1.165, 1.54) is 25.4 Å². The Hall–Kier alpha value is -2.72. The first-order valence-corrected chi connectivity index (χ1v) is 10.2. The van der Waals surface area contributed by atoms with Gasteiger partial charge in [-0.1, -0.05) is 0 Å². The number of carbonyl (C=O) groups is 3. The Labute approximate surface area is 172 Å². The van der Waals surface area contributed by atoms with Crippen molar-refractivity contribution in [2.75, 3.05) is 45.2 Å². The van der Waals surface area contributed by atoms with Crippen LogP contribution in [0.5, 0.6) is 0 Å². The van der Waals surface area contributed by atoms with Crippen molar-refractivity contribution >= 4 is 45.2 Å². The summed E-state index contributed by atoms with van der Waals surface area (Å²) in [5.74, 6) is -0.771. The fraction of sp³-hybridized carbons (Fsp3) is 0.474. The highest BCUT2D eigenvalue weighted by Crippen LogP contribution is 2.35. The molecule has 3 rings (SSSR count). The van der Waals surface area contributed by atoms with Gasteiger partial charge in [0.25, 0.3) is 0 Å². The van der Waals surface area contributed by atoms with Crippen molar-refractivity contribution in [3.63, 3.8) is 0 Å². The van der Waals surface area contributed by atoms with E-state index in [1.807, 2.05) is 12.1 Å². The lowest BCUT2D eigenvalue weighted by Gasteiger charge is -2.33. The van der Waals surface area contributed by atoms with Gasteiger partial charge in [0, 0.05) is 45.0 Å². The van der Waals surface area contributed by atoms with E-state index in [1.54, 1.807) is 11.8 Å². The summed E-state index contributed by atoms with van der Waals surface area (Å²) in [6.07, 6.45) is -0.272. The first-order chi connectivity index (χ1) is 13.9. The van der Waals surface area contributed by atoms with Gasteiger partial charge in [-0.2, -0.15) is 0 Å². The Morgan fingerprint density at radius 3 is 2.55 bits per heavy atom. The van der Waals surface area contributed by atoms with Gasteiger partial charge < -0.3 is 19.7 Å². The Morgan fingerprint density at radius 2 is 1.93 bits per heavy atom. The van der Waals surface area contributed by atoms with E-state index in [0.29, 0.717) is 47.0 Å². The molecular weight excluding hydrogens is 396 g/mol. The standard InChI is InChI=1S/C19H24N4O5S/c1-4-28-19(26)23-9-7-22(8-10-23)11-13-5-6-14-15(20-12(2)24)16(18(25)27-3)29-17(14)21-13/h5-6H,4,7-11H2,1-3H3,(H,20,24). The Kier molecular flexibility index (Phi) is 6.65. The highest BCUT2D eigenvalue weighted by atomic mass is 32.1. The van der Waals surface area contributed by atoms with Crippen LogP contribution >= 0.6 is 11.3 Å². The summed E-state index contributed by atoms with van der Waals surface area (Å²) in [5, 5.41) is 3.42. The van der Waals surface area contributed by atoms with Gasteiger partial charge in [-0.05, 0) is 19.1 Å². The van der Waals surface area contributed by atoms with Crippen LogP contribution in [0.25, 0.3) is 10.2 Å². The van der Waals surface area contributed by atoms with Gasteiger partial charge in [-0.3, -0.25) is 9.69 Å². The molecule has 0 bridgehead atoms. The number of piperazine rings is 1. The predicted octanol–water partition coefficient (Wildman–Crippen LogP) is 2.32. The number of esters is 1. The van der Waals surface area contributed by atoms with Crippen molar-refractivity contribution in [1.29, 1.82) is 0 Å². The van der Waals surface area contributed by atoms with Crippen LogP contribution in [0, 0.1) is 0 Å². The van der Waals surface area contributed by atoms with Gasteiger partial charge in [0.2, 0.25) is 5.91 Å². The fourth-order valence-corrected chi connectivity index (χ4v) is 4.24. The van der Waals surface area contributed by atoms with Crippen molar-refractivity contribution < 1.29 is 23.9 Å². The molecule has 0 atom stereocenters. The highest BCUT2D eigenvalue weighted by Gasteiger charge is 2.24. The summed E-state index contributed by atoms with van der Waals surface area (Å²) in [6.45, 7) is 6.87. The quantitative estimate of drug-likeness (QED) is 0.741. The number of aromatic nitrogens is 1. The zero-order valence-corrected chi connectivity index (χ0v) is 17.5. The average molecular weight is 420 g/mol. The SMILES string of the molecule is CCOC(=O)N1CCN(Cc2ccc3c(NC(C)=O)c(C(=O)OC)sc3n2)CC1. The number of hydrogen-bond acceptors (Lipinski definition) is 8. The number of anilines is 1. The topological polar surface area (TPSA) is 101 Å². The molecule has 2 aromatic heterocycles. The van der Waals surface area contributed by atoms with Crippen molar-refractivity contribution in [3.8, 4) is 0 Å². The third-order valence-corrected chi connectivity index (χ3v) is 5.65. The molecule has 0 saturated carbocycles. The van der Waals surface area contributed by atoms with Gasteiger partial charge in [0.1, 0.15) is 9.71 Å². The van der Waals surface area contributed by atoms with Crippen LogP contribution in [0.15, 0.2) is 12.1 Å². The van der Waals surface area contributed by atoms with Crippen LogP contribution < -0.4 is 5.32 Å². The normalized spacial score (nSPS) is 14.7. The molecule has 0 aliphatic carbocycles. The summed E-state index contributed by atoms with van der Waals surface area (Å²) in [4.78, 5) is 45.0. The fourth-order valence-electron chi connectivity index (χ4n) is 3.17. The van der Waals surface area contributed by atoms with Crippen molar-refractivity contribution in [2.45, 2.75) is 20.4 Å². The molecule has 0 unspecified atom stereocenters. The lowest BCUT2D eigenvalue weighted by Crippen LogP contribution is -2.48. The van der Waals surface area contributed by atoms with E-state index in [2.05, 4.69) is 15.2 Å². The summed E-state index contributed by atoms with van der Waals surface area (Å²) < 4.78 is 9.87. The number of amides is 2. The van der Waals surface area contributed by atoms with Gasteiger partial charge in [-0.15, -0.1) is 11.3 Å². The minimum Gasteiger partial charge on any atom is -0.465 e. The molecule has 29 heavy (non-hydrogen) atoms. The molecule has 0 spiro atoms. The van der Waals surface area contributed by atoms with Gasteiger partial charge in [0.05, 0.1) is 25.1 Å². The van der Waals surface area contributed by atoms with Crippen LogP contribution in [0.2, 0.25) is 0 Å². The van der Waals surface area contributed by atoms with E-state index in [-0.39, 0.29) is 12.0 Å². The van der Waals surface area contributed by atoms with Crippen LogP contribution in [-0.2, 0) is 20.8 Å². The zero-order valence-electron chi connectivity index (χ0n) is 16.7. The van der Waals surface area contributed by atoms with E-state index in [9.17, 15) is 14.4 Å². The molecule has 2 amide bonds. The summed E-state index contributed by atoms with van der Waals surface area (Å²) in [6, 6.07) is 3.75. The molecule has 0 aromatic carbocycles. The largest absolute Gasteiger partial charge is 0.465 e. The molecule has 3 heterocycles. The molecule has 0 radical (unpaired) electrons. The van der Waals surface area contributed by atoms with Gasteiger partial charge in [-0.25, -0.2) is 14.6 Å². The van der Waals surface area contributed by atoms with Crippen molar-refractivity contribution in [1.82, 2.24) is 14.8 Å². The summed E-state index contributed by atoms with van der Waals surface area (Å²) in [5.41, 5.74) is 1.29. The van der Waals surface area contributed by atoms with E-state index < -0.39 is 5.97 Å². The number of thiophene rings is 1. The minimum atomic E-state index is -0.506. The first kappa shape index (κ1) is 21.0. The van der Waals surface area contributed by atoms with E-state index >= 15 is 0 Å². The lowest BCUT2D eigenvalue weighted by atomic mass is 10.2. The third-order valence-electron chi connectivity index (χ3n) is 4.57. The number of fused-ring (bicyclic) bond motifs is 1. The number of rotatable bonds is 5. The summed E-state index contributed by atoms with van der Waals surface area (Å²) in [7, 11) is 1.30. The molecule has 156 valence electrons. The molecule has 9 nitrogen and oxygen atoms in total. The first-order valence-electron chi connectivity index (χ1n) is 9.35. The highest BCUT2D eigenvalue weighted by molar-refractivity contribution is 7.21. The second-order valence-corrected chi connectivity index (χ2v) is 7.60. The second kappa shape index (κ2) is 9.19. The number of carbonyl (C=O) groups excluding carboxylic acids is 3. The Morgan fingerprint density at radius 1 is 1.21 bits per heavy atom. The minimum absolute atomic E-state index is 0.265. The number of nitrogens with zero attached hydrogens (tertiary/aromatic N) is 3. The second-order valence-electron chi connectivity index (χ2n) is 6.60. The van der Waals surface area contributed by atoms with Crippen molar-refractivity contribution in [3.05, 3.63) is 22.7 Å². The summed E-state index contributed by atoms with van der Waals surface area (Å²) >= 11 is 1.20. The molecule has 1 saturated heterocycles. The maximum Gasteiger partial charge on any atom is 0.409 e. The number of nitrogens with one attached hydrogen (secondary N) is 1. The Bertz CT molecular complexity index is 921. The number of methoxy groups -OCH3 is 1. The van der Waals surface area contributed by atoms with Crippen molar-refractivity contribution in [2.24, 2.45) is 0 Å². The van der Waals surface area contributed by atoms with Crippen LogP contribution in [0.4, 0.5) is 10.5 Å². The average Bonchev–Trinajstić information content (AvgIpc) is 3.05. The Balaban J connectivity index is 1.74. The molecule has 1 aliphatic rings. The van der Waals surface area contributed by atoms with Gasteiger partial charge in [0.15, 0.2) is 0 Å². The van der Waals surface area contributed by atoms with E-state index in [4.69, 9.17) is 9.47 Å². The van der Waals surface area contributed by atoms with Crippen LogP contribution in [0.1, 0.15) is 29.2 Å². The monoisotopic (exact) mass is 420 g/mol. The number of hydrogen-bond donors (Lipinski definition) is 1. The maximum absolute atomic E-state index is 12.1. The number of pyridine rings is 1. The molecular formula is C19H24N4O5S.